The van der Waals surface area contributed by atoms with Crippen LogP contribution in [0.2, 0.25) is 0 Å². The minimum absolute atomic E-state index is 0.170. The summed E-state index contributed by atoms with van der Waals surface area (Å²) in [5, 5.41) is 13.7. The minimum atomic E-state index is -0.651. The summed E-state index contributed by atoms with van der Waals surface area (Å²) in [7, 11) is 0. The van der Waals surface area contributed by atoms with Gasteiger partial charge in [0.1, 0.15) is 5.01 Å². The average Bonchev–Trinajstić information content (AvgIpc) is 3.22. The fraction of sp³-hybridized carbons (Fsp3) is 0.143. The lowest BCUT2D eigenvalue weighted by Crippen LogP contribution is -2.21. The number of carbonyl (C=O) groups excluding carboxylic acids is 2. The number of thioether (sulfide) groups is 1. The summed E-state index contributed by atoms with van der Waals surface area (Å²) in [4.78, 5) is 29.4. The smallest absolute Gasteiger partial charge is 0.358 e. The van der Waals surface area contributed by atoms with Gasteiger partial charge in [0.25, 0.3) is 5.91 Å². The third kappa shape index (κ3) is 5.67. The number of amides is 1. The van der Waals surface area contributed by atoms with Crippen molar-refractivity contribution in [2.24, 2.45) is 0 Å². The van der Waals surface area contributed by atoms with Crippen LogP contribution < -0.4 is 5.32 Å². The predicted octanol–water partition coefficient (Wildman–Crippen LogP) is 4.53. The zero-order chi connectivity index (χ0) is 20.6. The van der Waals surface area contributed by atoms with Crippen LogP contribution >= 0.6 is 23.1 Å². The first-order valence-electron chi connectivity index (χ1n) is 8.65. The molecule has 0 unspecified atom stereocenters. The van der Waals surface area contributed by atoms with E-state index in [1.165, 1.54) is 23.1 Å². The fourth-order valence-corrected chi connectivity index (χ4v) is 3.86. The van der Waals surface area contributed by atoms with E-state index in [0.29, 0.717) is 10.7 Å². The van der Waals surface area contributed by atoms with E-state index >= 15 is 0 Å². The molecule has 0 atom stereocenters. The summed E-state index contributed by atoms with van der Waals surface area (Å²) in [6, 6.07) is 17.0. The van der Waals surface area contributed by atoms with Crippen LogP contribution in [0.3, 0.4) is 0 Å². The van der Waals surface area contributed by atoms with Gasteiger partial charge in [-0.3, -0.25) is 4.79 Å². The molecule has 0 fully saturated rings. The van der Waals surface area contributed by atoms with Gasteiger partial charge in [0.05, 0.1) is 17.5 Å². The number of anilines is 1. The first-order chi connectivity index (χ1) is 14.1. The predicted molar refractivity (Wildman–Crippen MR) is 114 cm³/mol. The van der Waals surface area contributed by atoms with Crippen LogP contribution in [0.25, 0.3) is 10.6 Å². The van der Waals surface area contributed by atoms with E-state index in [9.17, 15) is 9.59 Å². The molecule has 29 heavy (non-hydrogen) atoms. The molecule has 6 nitrogen and oxygen atoms in total. The van der Waals surface area contributed by atoms with E-state index in [0.717, 1.165) is 16.0 Å². The number of rotatable bonds is 7. The summed E-state index contributed by atoms with van der Waals surface area (Å²) in [6.07, 6.45) is 0. The van der Waals surface area contributed by atoms with Crippen LogP contribution in [0, 0.1) is 18.3 Å². The van der Waals surface area contributed by atoms with Crippen LogP contribution in [0.1, 0.15) is 16.1 Å². The molecule has 3 aromatic rings. The number of para-hydroxylation sites is 1. The van der Waals surface area contributed by atoms with Crippen molar-refractivity contribution < 1.29 is 14.3 Å². The second-order valence-electron chi connectivity index (χ2n) is 5.97. The molecule has 3 rings (SSSR count). The first kappa shape index (κ1) is 20.6. The van der Waals surface area contributed by atoms with Crippen molar-refractivity contribution in [2.75, 3.05) is 17.7 Å². The summed E-state index contributed by atoms with van der Waals surface area (Å²) in [5.41, 5.74) is 2.81. The maximum Gasteiger partial charge on any atom is 0.358 e. The van der Waals surface area contributed by atoms with Gasteiger partial charge in [-0.2, -0.15) is 5.26 Å². The molecule has 0 saturated carbocycles. The first-order valence-corrected chi connectivity index (χ1v) is 10.5. The molecule has 0 radical (unpaired) electrons. The Balaban J connectivity index is 1.57. The van der Waals surface area contributed by atoms with E-state index in [1.807, 2.05) is 49.4 Å². The quantitative estimate of drug-likeness (QED) is 0.443. The van der Waals surface area contributed by atoms with Crippen molar-refractivity contribution in [2.45, 2.75) is 11.8 Å². The van der Waals surface area contributed by atoms with Crippen molar-refractivity contribution >= 4 is 40.7 Å². The Hall–Kier alpha value is -3.15. The third-order valence-electron chi connectivity index (χ3n) is 3.80. The lowest BCUT2D eigenvalue weighted by atomic mass is 10.2. The van der Waals surface area contributed by atoms with Crippen molar-refractivity contribution in [3.63, 3.8) is 0 Å². The molecule has 0 saturated heterocycles. The summed E-state index contributed by atoms with van der Waals surface area (Å²) < 4.78 is 5.09. The van der Waals surface area contributed by atoms with E-state index in [4.69, 9.17) is 10.00 Å². The lowest BCUT2D eigenvalue weighted by Gasteiger charge is -2.09. The number of ether oxygens (including phenoxy) is 1. The monoisotopic (exact) mass is 423 g/mol. The number of aromatic nitrogens is 1. The normalized spacial score (nSPS) is 10.2. The Kier molecular flexibility index (Phi) is 7.00. The summed E-state index contributed by atoms with van der Waals surface area (Å²) in [6.45, 7) is 1.58. The highest BCUT2D eigenvalue weighted by atomic mass is 32.2. The van der Waals surface area contributed by atoms with Gasteiger partial charge in [0.2, 0.25) is 0 Å². The zero-order valence-electron chi connectivity index (χ0n) is 15.5. The zero-order valence-corrected chi connectivity index (χ0v) is 17.2. The van der Waals surface area contributed by atoms with Crippen LogP contribution in [0.15, 0.2) is 58.8 Å². The van der Waals surface area contributed by atoms with Gasteiger partial charge in [0.15, 0.2) is 12.3 Å². The topological polar surface area (TPSA) is 92.1 Å². The van der Waals surface area contributed by atoms with Crippen LogP contribution in [0.5, 0.6) is 0 Å². The highest BCUT2D eigenvalue weighted by Gasteiger charge is 2.15. The molecule has 0 aliphatic rings. The molecule has 2 aromatic carbocycles. The van der Waals surface area contributed by atoms with Gasteiger partial charge in [-0.15, -0.1) is 23.1 Å². The van der Waals surface area contributed by atoms with Crippen molar-refractivity contribution in [1.29, 1.82) is 5.26 Å². The highest BCUT2D eigenvalue weighted by Crippen LogP contribution is 2.27. The number of benzene rings is 2. The molecule has 1 N–H and O–H groups in total. The van der Waals surface area contributed by atoms with E-state index in [-0.39, 0.29) is 11.4 Å². The maximum atomic E-state index is 12.2. The number of hydrogen-bond donors (Lipinski definition) is 1. The Labute approximate surface area is 176 Å². The molecule has 0 spiro atoms. The molecule has 1 amide bonds. The molecule has 1 heterocycles. The Morgan fingerprint density at radius 2 is 1.97 bits per heavy atom. The van der Waals surface area contributed by atoms with Gasteiger partial charge >= 0.3 is 5.97 Å². The van der Waals surface area contributed by atoms with Gasteiger partial charge in [-0.05, 0) is 19.1 Å². The number of esters is 1. The molecule has 0 aliphatic carbocycles. The Morgan fingerprint density at radius 3 is 2.72 bits per heavy atom. The Bertz CT molecular complexity index is 1060. The van der Waals surface area contributed by atoms with E-state index in [2.05, 4.69) is 10.3 Å². The Morgan fingerprint density at radius 1 is 1.21 bits per heavy atom. The highest BCUT2D eigenvalue weighted by molar-refractivity contribution is 7.99. The van der Waals surface area contributed by atoms with Crippen molar-refractivity contribution in [1.82, 2.24) is 4.98 Å². The van der Waals surface area contributed by atoms with E-state index in [1.54, 1.807) is 17.5 Å². The standard InChI is InChI=1S/C21H17N3O3S2/c1-14-6-8-15(9-7-14)20-24-17(13-29-20)21(26)27-12-19(25)23-16-4-2-3-5-18(16)28-11-10-22/h2-9,13H,11-12H2,1H3,(H,23,25). The fourth-order valence-electron chi connectivity index (χ4n) is 2.39. The molecule has 146 valence electrons. The van der Waals surface area contributed by atoms with Crippen molar-refractivity contribution in [3.05, 3.63) is 65.2 Å². The van der Waals surface area contributed by atoms with Gasteiger partial charge in [-0.25, -0.2) is 9.78 Å². The second-order valence-corrected chi connectivity index (χ2v) is 7.85. The number of nitrogens with one attached hydrogen (secondary N) is 1. The average molecular weight is 424 g/mol. The van der Waals surface area contributed by atoms with Gasteiger partial charge in [-0.1, -0.05) is 42.0 Å². The molecule has 8 heteroatoms. The largest absolute Gasteiger partial charge is 0.451 e. The van der Waals surface area contributed by atoms with Crippen molar-refractivity contribution in [3.8, 4) is 16.6 Å². The molecular weight excluding hydrogens is 406 g/mol. The number of carbonyl (C=O) groups is 2. The second kappa shape index (κ2) is 9.87. The minimum Gasteiger partial charge on any atom is -0.451 e. The number of aryl methyl sites for hydroxylation is 1. The van der Waals surface area contributed by atoms with Crippen LogP contribution in [0.4, 0.5) is 5.69 Å². The maximum absolute atomic E-state index is 12.2. The SMILES string of the molecule is Cc1ccc(-c2nc(C(=O)OCC(=O)Nc3ccccc3SCC#N)cs2)cc1. The van der Waals surface area contributed by atoms with Crippen LogP contribution in [-0.2, 0) is 9.53 Å². The number of nitriles is 1. The summed E-state index contributed by atoms with van der Waals surface area (Å²) in [5.74, 6) is -0.839. The molecule has 1 aromatic heterocycles. The van der Waals surface area contributed by atoms with Gasteiger partial charge in [0, 0.05) is 15.8 Å². The molecule has 0 aliphatic heterocycles. The third-order valence-corrected chi connectivity index (χ3v) is 5.63. The van der Waals surface area contributed by atoms with Crippen LogP contribution in [-0.4, -0.2) is 29.2 Å². The number of nitrogens with zero attached hydrogens (tertiary/aromatic N) is 2. The lowest BCUT2D eigenvalue weighted by molar-refractivity contribution is -0.119. The molecule has 0 bridgehead atoms. The number of thiazole rings is 1. The van der Waals surface area contributed by atoms with Gasteiger partial charge < -0.3 is 10.1 Å². The number of hydrogen-bond acceptors (Lipinski definition) is 7. The molecular formula is C21H17N3O3S2. The summed E-state index contributed by atoms with van der Waals surface area (Å²) >= 11 is 2.66. The van der Waals surface area contributed by atoms with E-state index < -0.39 is 18.5 Å².